The van der Waals surface area contributed by atoms with Gasteiger partial charge in [-0.15, -0.1) is 0 Å². The highest BCUT2D eigenvalue weighted by Crippen LogP contribution is 2.44. The summed E-state index contributed by atoms with van der Waals surface area (Å²) in [6.07, 6.45) is 1.69. The molecule has 0 saturated heterocycles. The molecule has 0 bridgehead atoms. The summed E-state index contributed by atoms with van der Waals surface area (Å²) in [4.78, 5) is 0. The van der Waals surface area contributed by atoms with Crippen molar-refractivity contribution in [1.82, 2.24) is 0 Å². The van der Waals surface area contributed by atoms with E-state index in [1.165, 1.54) is 0 Å². The summed E-state index contributed by atoms with van der Waals surface area (Å²) in [5.41, 5.74) is 5.58. The molecule has 0 radical (unpaired) electrons. The molecule has 0 fully saturated rings. The molecule has 3 rings (SSSR count). The predicted octanol–water partition coefficient (Wildman–Crippen LogP) is 1.82. The monoisotopic (exact) mass is 271 g/mol. The number of ether oxygens (including phenoxy) is 3. The molecular weight excluding hydrogens is 258 g/mol. The molecular formula is C14H13N3O3. The van der Waals surface area contributed by atoms with E-state index in [1.807, 2.05) is 6.07 Å². The normalized spacial score (nSPS) is 23.1. The predicted molar refractivity (Wildman–Crippen MR) is 71.6 cm³/mol. The van der Waals surface area contributed by atoms with Crippen molar-refractivity contribution in [3.05, 3.63) is 41.5 Å². The van der Waals surface area contributed by atoms with Crippen molar-refractivity contribution in [2.24, 2.45) is 5.73 Å². The molecule has 0 saturated carbocycles. The minimum absolute atomic E-state index is 0.0415. The zero-order chi connectivity index (χ0) is 14.3. The van der Waals surface area contributed by atoms with Gasteiger partial charge >= 0.3 is 0 Å². The molecule has 3 N–H and O–H groups in total. The Morgan fingerprint density at radius 1 is 1.45 bits per heavy atom. The number of rotatable bonds is 1. The summed E-state index contributed by atoms with van der Waals surface area (Å²) < 4.78 is 16.3. The number of allylic oxidation sites excluding steroid dienone is 1. The number of nitrogens with two attached hydrogens (primary N) is 1. The SMILES string of the molecule is COc1ccc2c(c1)NC1(C=C(C)OC(N)=C1C#N)O2. The van der Waals surface area contributed by atoms with Crippen molar-refractivity contribution in [2.75, 3.05) is 12.4 Å². The molecule has 1 atom stereocenters. The van der Waals surface area contributed by atoms with E-state index in [0.29, 0.717) is 17.3 Å². The lowest BCUT2D eigenvalue weighted by atomic mass is 10.0. The van der Waals surface area contributed by atoms with E-state index in [1.54, 1.807) is 38.3 Å². The van der Waals surface area contributed by atoms with Crippen LogP contribution in [0.4, 0.5) is 5.69 Å². The molecule has 0 aromatic heterocycles. The van der Waals surface area contributed by atoms with Gasteiger partial charge in [0, 0.05) is 12.1 Å². The van der Waals surface area contributed by atoms with Crippen molar-refractivity contribution >= 4 is 5.69 Å². The maximum atomic E-state index is 9.31. The number of fused-ring (bicyclic) bond motifs is 1. The Balaban J connectivity index is 2.08. The summed E-state index contributed by atoms with van der Waals surface area (Å²) in [5.74, 6) is 1.92. The first kappa shape index (κ1) is 12.2. The van der Waals surface area contributed by atoms with Gasteiger partial charge < -0.3 is 25.3 Å². The van der Waals surface area contributed by atoms with Crippen molar-refractivity contribution < 1.29 is 14.2 Å². The standard InChI is InChI=1S/C14H13N3O3/c1-8-6-14(10(7-15)13(16)19-8)17-11-5-9(18-2)3-4-12(11)20-14/h3-6,17H,16H2,1-2H3. The van der Waals surface area contributed by atoms with Crippen LogP contribution in [0.3, 0.4) is 0 Å². The minimum Gasteiger partial charge on any atom is -0.497 e. The van der Waals surface area contributed by atoms with Crippen molar-refractivity contribution in [2.45, 2.75) is 12.6 Å². The van der Waals surface area contributed by atoms with E-state index in [-0.39, 0.29) is 11.5 Å². The number of nitrogens with one attached hydrogen (secondary N) is 1. The Hall–Kier alpha value is -2.81. The molecule has 0 amide bonds. The number of hydrogen-bond acceptors (Lipinski definition) is 6. The fourth-order valence-electron chi connectivity index (χ4n) is 2.33. The van der Waals surface area contributed by atoms with Crippen LogP contribution in [-0.4, -0.2) is 12.8 Å². The third-order valence-corrected chi connectivity index (χ3v) is 3.19. The Kier molecular flexibility index (Phi) is 2.51. The second-order valence-electron chi connectivity index (χ2n) is 4.53. The maximum Gasteiger partial charge on any atom is 0.245 e. The number of nitriles is 1. The summed E-state index contributed by atoms with van der Waals surface area (Å²) >= 11 is 0. The van der Waals surface area contributed by atoms with Crippen LogP contribution >= 0.6 is 0 Å². The minimum atomic E-state index is -1.12. The van der Waals surface area contributed by atoms with Gasteiger partial charge in [-0.25, -0.2) is 0 Å². The molecule has 0 aliphatic carbocycles. The fourth-order valence-corrected chi connectivity index (χ4v) is 2.33. The van der Waals surface area contributed by atoms with Gasteiger partial charge in [-0.2, -0.15) is 5.26 Å². The molecule has 20 heavy (non-hydrogen) atoms. The van der Waals surface area contributed by atoms with Crippen LogP contribution in [0.1, 0.15) is 6.92 Å². The first-order valence-electron chi connectivity index (χ1n) is 6.01. The molecule has 1 unspecified atom stereocenters. The van der Waals surface area contributed by atoms with Crippen molar-refractivity contribution in [1.29, 1.82) is 5.26 Å². The highest BCUT2D eigenvalue weighted by atomic mass is 16.5. The number of hydrogen-bond donors (Lipinski definition) is 2. The Labute approximate surface area is 116 Å². The van der Waals surface area contributed by atoms with Gasteiger partial charge in [-0.1, -0.05) is 0 Å². The van der Waals surface area contributed by atoms with Crippen LogP contribution in [-0.2, 0) is 4.74 Å². The average molecular weight is 271 g/mol. The highest BCUT2D eigenvalue weighted by Gasteiger charge is 2.46. The van der Waals surface area contributed by atoms with Gasteiger partial charge in [0.25, 0.3) is 0 Å². The zero-order valence-electron chi connectivity index (χ0n) is 11.1. The summed E-state index contributed by atoms with van der Waals surface area (Å²) in [6.45, 7) is 1.75. The van der Waals surface area contributed by atoms with Gasteiger partial charge in [-0.3, -0.25) is 0 Å². The molecule has 6 heteroatoms. The first-order chi connectivity index (χ1) is 9.58. The average Bonchev–Trinajstić information content (AvgIpc) is 2.74. The van der Waals surface area contributed by atoms with E-state index in [9.17, 15) is 5.26 Å². The van der Waals surface area contributed by atoms with Crippen LogP contribution in [0.25, 0.3) is 0 Å². The lowest BCUT2D eigenvalue weighted by Crippen LogP contribution is -2.44. The summed E-state index contributed by atoms with van der Waals surface area (Å²) in [6, 6.07) is 7.40. The summed E-state index contributed by atoms with van der Waals surface area (Å²) in [5, 5.41) is 12.5. The Morgan fingerprint density at radius 3 is 2.95 bits per heavy atom. The third kappa shape index (κ3) is 1.64. The second kappa shape index (κ2) is 4.10. The quantitative estimate of drug-likeness (QED) is 0.809. The van der Waals surface area contributed by atoms with E-state index in [2.05, 4.69) is 5.32 Å². The molecule has 2 aliphatic rings. The lowest BCUT2D eigenvalue weighted by molar-refractivity contribution is 0.175. The molecule has 2 heterocycles. The van der Waals surface area contributed by atoms with Crippen LogP contribution in [0.15, 0.2) is 41.5 Å². The van der Waals surface area contributed by atoms with Gasteiger partial charge in [0.1, 0.15) is 23.3 Å². The van der Waals surface area contributed by atoms with Crippen LogP contribution in [0.5, 0.6) is 11.5 Å². The smallest absolute Gasteiger partial charge is 0.245 e. The van der Waals surface area contributed by atoms with Gasteiger partial charge in [-0.05, 0) is 19.1 Å². The molecule has 6 nitrogen and oxygen atoms in total. The van der Waals surface area contributed by atoms with Crippen LogP contribution < -0.4 is 20.5 Å². The Bertz CT molecular complexity index is 687. The zero-order valence-corrected chi connectivity index (χ0v) is 11.1. The van der Waals surface area contributed by atoms with Crippen molar-refractivity contribution in [3.8, 4) is 17.6 Å². The first-order valence-corrected chi connectivity index (χ1v) is 6.01. The molecule has 1 aromatic carbocycles. The van der Waals surface area contributed by atoms with Crippen molar-refractivity contribution in [3.63, 3.8) is 0 Å². The second-order valence-corrected chi connectivity index (χ2v) is 4.53. The molecule has 102 valence electrons. The largest absolute Gasteiger partial charge is 0.497 e. The molecule has 2 aliphatic heterocycles. The van der Waals surface area contributed by atoms with Gasteiger partial charge in [0.05, 0.1) is 12.8 Å². The van der Waals surface area contributed by atoms with E-state index >= 15 is 0 Å². The Morgan fingerprint density at radius 2 is 2.25 bits per heavy atom. The van der Waals surface area contributed by atoms with E-state index < -0.39 is 5.72 Å². The number of anilines is 1. The molecule has 1 aromatic rings. The van der Waals surface area contributed by atoms with E-state index in [0.717, 1.165) is 5.69 Å². The van der Waals surface area contributed by atoms with E-state index in [4.69, 9.17) is 19.9 Å². The number of methoxy groups -OCH3 is 1. The highest BCUT2D eigenvalue weighted by molar-refractivity contribution is 5.69. The third-order valence-electron chi connectivity index (χ3n) is 3.19. The topological polar surface area (TPSA) is 89.5 Å². The summed E-state index contributed by atoms with van der Waals surface area (Å²) in [7, 11) is 1.59. The fraction of sp³-hybridized carbons (Fsp3) is 0.214. The van der Waals surface area contributed by atoms with Gasteiger partial charge in [0.2, 0.25) is 11.6 Å². The maximum absolute atomic E-state index is 9.31. The number of benzene rings is 1. The van der Waals surface area contributed by atoms with Crippen LogP contribution in [0.2, 0.25) is 0 Å². The lowest BCUT2D eigenvalue weighted by Gasteiger charge is -2.29. The molecule has 1 spiro atoms. The number of nitrogens with zero attached hydrogens (tertiary/aromatic N) is 1. The van der Waals surface area contributed by atoms with Gasteiger partial charge in [0.15, 0.2) is 5.57 Å². The van der Waals surface area contributed by atoms with Crippen LogP contribution in [0, 0.1) is 11.3 Å².